The molecule has 4 rings (SSSR count). The highest BCUT2D eigenvalue weighted by atomic mass is 32.1. The minimum absolute atomic E-state index is 0.0565. The van der Waals surface area contributed by atoms with E-state index >= 15 is 0 Å². The minimum Gasteiger partial charge on any atom is -0.454 e. The second-order valence-electron chi connectivity index (χ2n) is 5.89. The Morgan fingerprint density at radius 1 is 1.19 bits per heavy atom. The van der Waals surface area contributed by atoms with Crippen LogP contribution in [0.25, 0.3) is 21.7 Å². The summed E-state index contributed by atoms with van der Waals surface area (Å²) in [6.07, 6.45) is 0. The van der Waals surface area contributed by atoms with Crippen LogP contribution >= 0.6 is 11.3 Å². The highest BCUT2D eigenvalue weighted by Crippen LogP contribution is 2.23. The van der Waals surface area contributed by atoms with Gasteiger partial charge in [-0.05, 0) is 43.5 Å². The molecule has 0 aliphatic rings. The third kappa shape index (κ3) is 3.21. The average molecular weight is 365 g/mol. The first-order chi connectivity index (χ1) is 12.6. The molecule has 0 N–H and O–H groups in total. The van der Waals surface area contributed by atoms with Gasteiger partial charge >= 0.3 is 5.97 Å². The number of carbonyl (C=O) groups excluding carboxylic acids is 1. The zero-order valence-corrected chi connectivity index (χ0v) is 15.0. The maximum atomic E-state index is 12.5. The van der Waals surface area contributed by atoms with Gasteiger partial charge in [-0.3, -0.25) is 4.98 Å². The van der Waals surface area contributed by atoms with Crippen molar-refractivity contribution in [2.75, 3.05) is 0 Å². The van der Waals surface area contributed by atoms with Crippen LogP contribution in [0.4, 0.5) is 0 Å². The van der Waals surface area contributed by atoms with Crippen molar-refractivity contribution >= 4 is 28.2 Å². The summed E-state index contributed by atoms with van der Waals surface area (Å²) in [7, 11) is 0. The van der Waals surface area contributed by atoms with Crippen LogP contribution in [0.15, 0.2) is 46.3 Å². The van der Waals surface area contributed by atoms with Gasteiger partial charge in [-0.2, -0.15) is 4.98 Å². The predicted octanol–water partition coefficient (Wildman–Crippen LogP) is 4.32. The molecule has 1 aromatic carbocycles. The summed E-state index contributed by atoms with van der Waals surface area (Å²) in [5.74, 6) is 0.287. The first-order valence-electron chi connectivity index (χ1n) is 8.02. The van der Waals surface area contributed by atoms with Crippen molar-refractivity contribution in [1.82, 2.24) is 15.1 Å². The summed E-state index contributed by atoms with van der Waals surface area (Å²) in [6.45, 7) is 3.73. The molecule has 4 aromatic rings. The number of carbonyl (C=O) groups is 1. The zero-order valence-electron chi connectivity index (χ0n) is 14.2. The van der Waals surface area contributed by atoms with E-state index in [1.165, 1.54) is 11.3 Å². The van der Waals surface area contributed by atoms with Crippen LogP contribution in [0.3, 0.4) is 0 Å². The van der Waals surface area contributed by atoms with Gasteiger partial charge in [0.25, 0.3) is 5.89 Å². The first kappa shape index (κ1) is 16.4. The number of hydrogen-bond acceptors (Lipinski definition) is 7. The number of pyridine rings is 1. The number of thiophene rings is 1. The fourth-order valence-electron chi connectivity index (χ4n) is 2.62. The van der Waals surface area contributed by atoms with Crippen molar-refractivity contribution in [3.05, 3.63) is 64.4 Å². The highest BCUT2D eigenvalue weighted by Gasteiger charge is 2.16. The summed E-state index contributed by atoms with van der Waals surface area (Å²) < 4.78 is 10.5. The lowest BCUT2D eigenvalue weighted by Gasteiger charge is -2.07. The monoisotopic (exact) mass is 365 g/mol. The van der Waals surface area contributed by atoms with Gasteiger partial charge < -0.3 is 9.26 Å². The molecule has 0 saturated heterocycles. The number of ether oxygens (including phenoxy) is 1. The molecule has 0 aliphatic heterocycles. The SMILES string of the molecule is Cc1ccc2nc(C)c(C(=O)OCc3noc(-c4cccs4)n3)cc2c1. The molecule has 0 bridgehead atoms. The molecular formula is C19H15N3O3S. The Morgan fingerprint density at radius 2 is 2.08 bits per heavy atom. The molecule has 7 heteroatoms. The van der Waals surface area contributed by atoms with Crippen LogP contribution in [0.1, 0.15) is 27.4 Å². The summed E-state index contributed by atoms with van der Waals surface area (Å²) in [5.41, 5.74) is 3.02. The fraction of sp³-hybridized carbons (Fsp3) is 0.158. The second-order valence-corrected chi connectivity index (χ2v) is 6.83. The van der Waals surface area contributed by atoms with Crippen LogP contribution in [-0.4, -0.2) is 21.1 Å². The van der Waals surface area contributed by atoms with Crippen molar-refractivity contribution in [3.8, 4) is 10.8 Å². The Labute approximate surface area is 153 Å². The quantitative estimate of drug-likeness (QED) is 0.501. The Bertz CT molecular complexity index is 1090. The third-order valence-electron chi connectivity index (χ3n) is 3.91. The van der Waals surface area contributed by atoms with E-state index in [0.717, 1.165) is 21.3 Å². The van der Waals surface area contributed by atoms with Crippen LogP contribution in [0, 0.1) is 13.8 Å². The van der Waals surface area contributed by atoms with E-state index in [4.69, 9.17) is 9.26 Å². The molecule has 0 saturated carbocycles. The molecule has 0 radical (unpaired) electrons. The number of rotatable bonds is 4. The van der Waals surface area contributed by atoms with Gasteiger partial charge in [0.05, 0.1) is 21.7 Å². The fourth-order valence-corrected chi connectivity index (χ4v) is 3.26. The molecule has 130 valence electrons. The van der Waals surface area contributed by atoms with Crippen molar-refractivity contribution in [2.45, 2.75) is 20.5 Å². The number of nitrogens with zero attached hydrogens (tertiary/aromatic N) is 3. The Balaban J connectivity index is 1.51. The molecule has 0 unspecified atom stereocenters. The molecule has 26 heavy (non-hydrogen) atoms. The summed E-state index contributed by atoms with van der Waals surface area (Å²) >= 11 is 1.50. The van der Waals surface area contributed by atoms with Crippen LogP contribution in [0.2, 0.25) is 0 Å². The number of hydrogen-bond donors (Lipinski definition) is 0. The lowest BCUT2D eigenvalue weighted by Crippen LogP contribution is -2.09. The van der Waals surface area contributed by atoms with E-state index < -0.39 is 5.97 Å². The van der Waals surface area contributed by atoms with E-state index in [2.05, 4.69) is 15.1 Å². The molecule has 0 atom stereocenters. The van der Waals surface area contributed by atoms with Gasteiger partial charge in [0.1, 0.15) is 0 Å². The van der Waals surface area contributed by atoms with Gasteiger partial charge in [0, 0.05) is 5.39 Å². The third-order valence-corrected chi connectivity index (χ3v) is 4.77. The van der Waals surface area contributed by atoms with Gasteiger partial charge in [-0.1, -0.05) is 22.9 Å². The molecule has 3 heterocycles. The van der Waals surface area contributed by atoms with E-state index in [1.54, 1.807) is 13.0 Å². The van der Waals surface area contributed by atoms with Gasteiger partial charge in [-0.25, -0.2) is 4.79 Å². The van der Waals surface area contributed by atoms with Crippen molar-refractivity contribution in [3.63, 3.8) is 0 Å². The topological polar surface area (TPSA) is 78.1 Å². The Morgan fingerprint density at radius 3 is 2.88 bits per heavy atom. The number of aryl methyl sites for hydroxylation is 2. The number of benzene rings is 1. The number of fused-ring (bicyclic) bond motifs is 1. The van der Waals surface area contributed by atoms with Crippen molar-refractivity contribution in [2.24, 2.45) is 0 Å². The standard InChI is InChI=1S/C19H15N3O3S/c1-11-5-6-15-13(8-11)9-14(12(2)20-15)19(23)24-10-17-21-18(25-22-17)16-4-3-7-26-16/h3-9H,10H2,1-2H3. The molecular weight excluding hydrogens is 350 g/mol. The number of aromatic nitrogens is 3. The smallest absolute Gasteiger partial charge is 0.340 e. The molecule has 6 nitrogen and oxygen atoms in total. The first-order valence-corrected chi connectivity index (χ1v) is 8.90. The lowest BCUT2D eigenvalue weighted by atomic mass is 10.1. The average Bonchev–Trinajstić information content (AvgIpc) is 3.30. The van der Waals surface area contributed by atoms with Crippen molar-refractivity contribution < 1.29 is 14.1 Å². The van der Waals surface area contributed by atoms with Crippen molar-refractivity contribution in [1.29, 1.82) is 0 Å². The molecule has 0 fully saturated rings. The van der Waals surface area contributed by atoms with Gasteiger partial charge in [0.15, 0.2) is 6.61 Å². The minimum atomic E-state index is -0.458. The number of esters is 1. The van der Waals surface area contributed by atoms with Gasteiger partial charge in [-0.15, -0.1) is 11.3 Å². The molecule has 0 aliphatic carbocycles. The van der Waals surface area contributed by atoms with E-state index in [1.807, 2.05) is 42.6 Å². The highest BCUT2D eigenvalue weighted by molar-refractivity contribution is 7.13. The van der Waals surface area contributed by atoms with E-state index in [0.29, 0.717) is 23.0 Å². The Kier molecular flexibility index (Phi) is 4.22. The molecule has 0 amide bonds. The van der Waals surface area contributed by atoms with Gasteiger partial charge in [0.2, 0.25) is 5.82 Å². The molecule has 3 aromatic heterocycles. The van der Waals surface area contributed by atoms with Crippen LogP contribution in [0.5, 0.6) is 0 Å². The van der Waals surface area contributed by atoms with E-state index in [-0.39, 0.29) is 6.61 Å². The summed E-state index contributed by atoms with van der Waals surface area (Å²) in [5, 5.41) is 6.68. The summed E-state index contributed by atoms with van der Waals surface area (Å²) in [4.78, 5) is 22.1. The van der Waals surface area contributed by atoms with Crippen LogP contribution < -0.4 is 0 Å². The summed E-state index contributed by atoms with van der Waals surface area (Å²) in [6, 6.07) is 11.5. The maximum Gasteiger partial charge on any atom is 0.340 e. The normalized spacial score (nSPS) is 11.0. The van der Waals surface area contributed by atoms with E-state index in [9.17, 15) is 4.79 Å². The predicted molar refractivity (Wildman–Crippen MR) is 97.9 cm³/mol. The maximum absolute atomic E-state index is 12.5. The van der Waals surface area contributed by atoms with Crippen LogP contribution in [-0.2, 0) is 11.3 Å². The Hall–Kier alpha value is -3.06. The second kappa shape index (κ2) is 6.68. The zero-order chi connectivity index (χ0) is 18.1. The lowest BCUT2D eigenvalue weighted by molar-refractivity contribution is 0.0458. The largest absolute Gasteiger partial charge is 0.454 e. The molecule has 0 spiro atoms.